The highest BCUT2D eigenvalue weighted by Gasteiger charge is 2.14. The molecule has 3 rings (SSSR count). The summed E-state index contributed by atoms with van der Waals surface area (Å²) in [6.45, 7) is 0.369. The van der Waals surface area contributed by atoms with Gasteiger partial charge in [-0.25, -0.2) is 9.97 Å². The van der Waals surface area contributed by atoms with Crippen molar-refractivity contribution < 1.29 is 4.79 Å². The molecule has 6 heteroatoms. The minimum Gasteiger partial charge on any atom is -0.367 e. The van der Waals surface area contributed by atoms with Crippen molar-refractivity contribution >= 4 is 23.3 Å². The van der Waals surface area contributed by atoms with Gasteiger partial charge in [-0.2, -0.15) is 0 Å². The Hall–Kier alpha value is -2.14. The molecule has 2 aromatic rings. The third kappa shape index (κ3) is 5.16. The van der Waals surface area contributed by atoms with Gasteiger partial charge in [0.1, 0.15) is 17.8 Å². The average molecular weight is 359 g/mol. The van der Waals surface area contributed by atoms with Crippen molar-refractivity contribution in [2.75, 3.05) is 5.32 Å². The summed E-state index contributed by atoms with van der Waals surface area (Å²) >= 11 is 6.11. The van der Waals surface area contributed by atoms with E-state index in [-0.39, 0.29) is 5.91 Å². The van der Waals surface area contributed by atoms with Crippen LogP contribution in [0.25, 0.3) is 0 Å². The second-order valence-corrected chi connectivity index (χ2v) is 6.80. The third-order valence-electron chi connectivity index (χ3n) is 4.50. The summed E-state index contributed by atoms with van der Waals surface area (Å²) in [7, 11) is 0. The Morgan fingerprint density at radius 2 is 1.88 bits per heavy atom. The largest absolute Gasteiger partial charge is 0.367 e. The van der Waals surface area contributed by atoms with Crippen molar-refractivity contribution in [3.05, 3.63) is 52.9 Å². The van der Waals surface area contributed by atoms with Gasteiger partial charge in [-0.3, -0.25) is 4.79 Å². The molecule has 0 atom stereocenters. The fraction of sp³-hybridized carbons (Fsp3) is 0.421. The number of halogens is 1. The molecule has 1 saturated carbocycles. The van der Waals surface area contributed by atoms with Gasteiger partial charge in [0, 0.05) is 23.7 Å². The minimum absolute atomic E-state index is 0.230. The summed E-state index contributed by atoms with van der Waals surface area (Å²) in [6, 6.07) is 9.60. The molecule has 1 aromatic carbocycles. The highest BCUT2D eigenvalue weighted by molar-refractivity contribution is 6.31. The number of hydrogen-bond donors (Lipinski definition) is 2. The van der Waals surface area contributed by atoms with E-state index in [4.69, 9.17) is 11.6 Å². The van der Waals surface area contributed by atoms with E-state index in [1.165, 1.54) is 32.0 Å². The van der Waals surface area contributed by atoms with Crippen LogP contribution in [0.5, 0.6) is 0 Å². The number of carbonyl (C=O) groups excluding carboxylic acids is 1. The Balaban J connectivity index is 1.60. The quantitative estimate of drug-likeness (QED) is 0.786. The highest BCUT2D eigenvalue weighted by Crippen LogP contribution is 2.20. The molecule has 25 heavy (non-hydrogen) atoms. The summed E-state index contributed by atoms with van der Waals surface area (Å²) < 4.78 is 0. The Kier molecular flexibility index (Phi) is 6.23. The van der Waals surface area contributed by atoms with Crippen molar-refractivity contribution in [3.63, 3.8) is 0 Å². The van der Waals surface area contributed by atoms with Gasteiger partial charge >= 0.3 is 0 Å². The predicted molar refractivity (Wildman–Crippen MR) is 99.8 cm³/mol. The number of benzene rings is 1. The van der Waals surface area contributed by atoms with Crippen LogP contribution < -0.4 is 10.6 Å². The molecular weight excluding hydrogens is 336 g/mol. The first-order chi connectivity index (χ1) is 12.2. The monoisotopic (exact) mass is 358 g/mol. The predicted octanol–water partition coefficient (Wildman–Crippen LogP) is 4.19. The van der Waals surface area contributed by atoms with E-state index in [0.717, 1.165) is 18.4 Å². The molecule has 2 N–H and O–H groups in total. The standard InChI is InChI=1S/C19H23ClN4O/c20-16-10-6-5-7-14(16)12-21-19(25)17-11-18(23-13-22-17)24-15-8-3-1-2-4-9-15/h5-7,10-11,13,15H,1-4,8-9,12H2,(H,21,25)(H,22,23,24). The van der Waals surface area contributed by atoms with Crippen molar-refractivity contribution in [1.29, 1.82) is 0 Å². The van der Waals surface area contributed by atoms with E-state index in [0.29, 0.717) is 29.1 Å². The Labute approximate surface area is 153 Å². The summed E-state index contributed by atoms with van der Waals surface area (Å²) in [5.41, 5.74) is 1.24. The van der Waals surface area contributed by atoms with Gasteiger partial charge < -0.3 is 10.6 Å². The van der Waals surface area contributed by atoms with E-state index in [1.807, 2.05) is 24.3 Å². The molecular formula is C19H23ClN4O. The maximum absolute atomic E-state index is 12.4. The fourth-order valence-electron chi connectivity index (χ4n) is 3.10. The Bertz CT molecular complexity index is 714. The van der Waals surface area contributed by atoms with Crippen LogP contribution in [0.2, 0.25) is 5.02 Å². The van der Waals surface area contributed by atoms with E-state index in [2.05, 4.69) is 20.6 Å². The van der Waals surface area contributed by atoms with Gasteiger partial charge in [-0.15, -0.1) is 0 Å². The van der Waals surface area contributed by atoms with Crippen molar-refractivity contribution in [1.82, 2.24) is 15.3 Å². The van der Waals surface area contributed by atoms with E-state index in [9.17, 15) is 4.79 Å². The lowest BCUT2D eigenvalue weighted by Gasteiger charge is -2.17. The lowest BCUT2D eigenvalue weighted by atomic mass is 10.1. The molecule has 1 fully saturated rings. The van der Waals surface area contributed by atoms with Crippen LogP contribution in [0.1, 0.15) is 54.6 Å². The zero-order valence-corrected chi connectivity index (χ0v) is 14.9. The zero-order chi connectivity index (χ0) is 17.5. The molecule has 1 aliphatic carbocycles. The van der Waals surface area contributed by atoms with Crippen LogP contribution in [0, 0.1) is 0 Å². The number of amides is 1. The number of aromatic nitrogens is 2. The maximum Gasteiger partial charge on any atom is 0.270 e. The molecule has 0 spiro atoms. The molecule has 1 heterocycles. The topological polar surface area (TPSA) is 66.9 Å². The van der Waals surface area contributed by atoms with Crippen molar-refractivity contribution in [2.24, 2.45) is 0 Å². The van der Waals surface area contributed by atoms with Crippen LogP contribution in [0.3, 0.4) is 0 Å². The number of nitrogens with zero attached hydrogens (tertiary/aromatic N) is 2. The summed E-state index contributed by atoms with van der Waals surface area (Å²) in [4.78, 5) is 20.7. The highest BCUT2D eigenvalue weighted by atomic mass is 35.5. The van der Waals surface area contributed by atoms with Crippen LogP contribution in [0.15, 0.2) is 36.7 Å². The average Bonchev–Trinajstić information content (AvgIpc) is 2.90. The van der Waals surface area contributed by atoms with E-state index >= 15 is 0 Å². The number of hydrogen-bond acceptors (Lipinski definition) is 4. The fourth-order valence-corrected chi connectivity index (χ4v) is 3.30. The smallest absolute Gasteiger partial charge is 0.270 e. The maximum atomic E-state index is 12.4. The third-order valence-corrected chi connectivity index (χ3v) is 4.87. The Morgan fingerprint density at radius 1 is 1.12 bits per heavy atom. The van der Waals surface area contributed by atoms with Gasteiger partial charge in [0.2, 0.25) is 0 Å². The van der Waals surface area contributed by atoms with Crippen LogP contribution in [-0.2, 0) is 6.54 Å². The zero-order valence-electron chi connectivity index (χ0n) is 14.2. The Morgan fingerprint density at radius 3 is 2.64 bits per heavy atom. The molecule has 132 valence electrons. The van der Waals surface area contributed by atoms with Gasteiger partial charge in [-0.05, 0) is 24.5 Å². The second kappa shape index (κ2) is 8.81. The minimum atomic E-state index is -0.230. The first kappa shape index (κ1) is 17.7. The summed E-state index contributed by atoms with van der Waals surface area (Å²) in [6.07, 6.45) is 8.83. The van der Waals surface area contributed by atoms with Gasteiger partial charge in [0.25, 0.3) is 5.91 Å². The van der Waals surface area contributed by atoms with Crippen LogP contribution in [-0.4, -0.2) is 21.9 Å². The molecule has 0 bridgehead atoms. The molecule has 0 radical (unpaired) electrons. The van der Waals surface area contributed by atoms with Crippen molar-refractivity contribution in [3.8, 4) is 0 Å². The van der Waals surface area contributed by atoms with Crippen LogP contribution >= 0.6 is 11.6 Å². The number of anilines is 1. The van der Waals surface area contributed by atoms with Gasteiger partial charge in [0.15, 0.2) is 0 Å². The normalized spacial score (nSPS) is 15.4. The van der Waals surface area contributed by atoms with Gasteiger partial charge in [0.05, 0.1) is 0 Å². The lowest BCUT2D eigenvalue weighted by Crippen LogP contribution is -2.25. The number of rotatable bonds is 5. The molecule has 1 aliphatic rings. The van der Waals surface area contributed by atoms with E-state index in [1.54, 1.807) is 6.07 Å². The van der Waals surface area contributed by atoms with Crippen molar-refractivity contribution in [2.45, 2.75) is 51.1 Å². The molecule has 1 amide bonds. The molecule has 0 aliphatic heterocycles. The molecule has 0 saturated heterocycles. The van der Waals surface area contributed by atoms with Gasteiger partial charge in [-0.1, -0.05) is 55.5 Å². The molecule has 1 aromatic heterocycles. The first-order valence-corrected chi connectivity index (χ1v) is 9.20. The summed E-state index contributed by atoms with van der Waals surface area (Å²) in [5, 5.41) is 6.94. The lowest BCUT2D eigenvalue weighted by molar-refractivity contribution is 0.0946. The van der Waals surface area contributed by atoms with Crippen LogP contribution in [0.4, 0.5) is 5.82 Å². The summed E-state index contributed by atoms with van der Waals surface area (Å²) in [5.74, 6) is 0.482. The molecule has 0 unspecified atom stereocenters. The molecule has 5 nitrogen and oxygen atoms in total. The van der Waals surface area contributed by atoms with E-state index < -0.39 is 0 Å². The number of carbonyl (C=O) groups is 1. The number of nitrogens with one attached hydrogen (secondary N) is 2. The first-order valence-electron chi connectivity index (χ1n) is 8.82. The SMILES string of the molecule is O=C(NCc1ccccc1Cl)c1cc(NC2CCCCCC2)ncn1. The second-order valence-electron chi connectivity index (χ2n) is 6.40.